The van der Waals surface area contributed by atoms with E-state index in [4.69, 9.17) is 10.8 Å². The van der Waals surface area contributed by atoms with Gasteiger partial charge in [0.2, 0.25) is 5.91 Å². The fraction of sp³-hybridized carbons (Fsp3) is 0.267. The number of aromatic nitrogens is 1. The van der Waals surface area contributed by atoms with Gasteiger partial charge in [0.25, 0.3) is 5.91 Å². The number of hydrogen-bond donors (Lipinski definition) is 3. The molecule has 2 aromatic rings. The number of aliphatic hydroxyl groups excluding tert-OH is 1. The highest BCUT2D eigenvalue weighted by molar-refractivity contribution is 6.00. The summed E-state index contributed by atoms with van der Waals surface area (Å²) in [6.45, 7) is 3.14. The number of aliphatic hydroxyl groups is 1. The van der Waals surface area contributed by atoms with E-state index in [1.165, 1.54) is 0 Å². The van der Waals surface area contributed by atoms with Crippen LogP contribution in [0.25, 0.3) is 10.9 Å². The molecule has 0 unspecified atom stereocenters. The first-order chi connectivity index (χ1) is 9.92. The van der Waals surface area contributed by atoms with Gasteiger partial charge in [0, 0.05) is 5.39 Å². The number of aryl methyl sites for hydroxylation is 2. The van der Waals surface area contributed by atoms with Crippen molar-refractivity contribution in [3.05, 3.63) is 41.1 Å². The molecule has 0 saturated heterocycles. The summed E-state index contributed by atoms with van der Waals surface area (Å²) in [6.07, 6.45) is 0. The molecule has 0 saturated carbocycles. The number of carbonyl (C=O) groups is 2. The number of pyridine rings is 1. The summed E-state index contributed by atoms with van der Waals surface area (Å²) in [7, 11) is 0. The SMILES string of the molecule is Cc1ccc2cc(C(=O)N[C@@H](CO)C(N)=O)c(C)nc2c1. The van der Waals surface area contributed by atoms with Crippen LogP contribution in [-0.2, 0) is 4.79 Å². The van der Waals surface area contributed by atoms with E-state index in [2.05, 4.69) is 10.3 Å². The van der Waals surface area contributed by atoms with Crippen LogP contribution in [0.5, 0.6) is 0 Å². The van der Waals surface area contributed by atoms with E-state index in [1.807, 2.05) is 25.1 Å². The van der Waals surface area contributed by atoms with Gasteiger partial charge in [-0.15, -0.1) is 0 Å². The number of nitrogens with two attached hydrogens (primary N) is 1. The summed E-state index contributed by atoms with van der Waals surface area (Å²) in [6, 6.07) is 6.35. The first kappa shape index (κ1) is 14.9. The summed E-state index contributed by atoms with van der Waals surface area (Å²) in [4.78, 5) is 27.6. The maximum absolute atomic E-state index is 12.2. The summed E-state index contributed by atoms with van der Waals surface area (Å²) in [5.41, 5.74) is 7.88. The van der Waals surface area contributed by atoms with E-state index in [-0.39, 0.29) is 0 Å². The molecule has 110 valence electrons. The molecule has 0 bridgehead atoms. The van der Waals surface area contributed by atoms with Crippen LogP contribution in [0.3, 0.4) is 0 Å². The number of hydrogen-bond acceptors (Lipinski definition) is 4. The highest BCUT2D eigenvalue weighted by Gasteiger charge is 2.19. The fourth-order valence-electron chi connectivity index (χ4n) is 2.05. The Morgan fingerprint density at radius 3 is 2.67 bits per heavy atom. The predicted octanol–water partition coefficient (Wildman–Crippen LogP) is 0.428. The van der Waals surface area contributed by atoms with Crippen molar-refractivity contribution >= 4 is 22.7 Å². The lowest BCUT2D eigenvalue weighted by Crippen LogP contribution is -2.47. The van der Waals surface area contributed by atoms with Crippen LogP contribution in [0.1, 0.15) is 21.6 Å². The minimum Gasteiger partial charge on any atom is -0.394 e. The van der Waals surface area contributed by atoms with Crippen molar-refractivity contribution in [1.29, 1.82) is 0 Å². The molecule has 1 heterocycles. The number of nitrogens with zero attached hydrogens (tertiary/aromatic N) is 1. The maximum atomic E-state index is 12.2. The molecule has 0 spiro atoms. The zero-order valence-electron chi connectivity index (χ0n) is 11.9. The van der Waals surface area contributed by atoms with Gasteiger partial charge < -0.3 is 16.2 Å². The van der Waals surface area contributed by atoms with Crippen molar-refractivity contribution in [2.24, 2.45) is 5.73 Å². The largest absolute Gasteiger partial charge is 0.394 e. The molecule has 0 aliphatic carbocycles. The number of primary amides is 1. The Morgan fingerprint density at radius 2 is 2.05 bits per heavy atom. The third kappa shape index (κ3) is 3.17. The summed E-state index contributed by atoms with van der Waals surface area (Å²) >= 11 is 0. The maximum Gasteiger partial charge on any atom is 0.253 e. The van der Waals surface area contributed by atoms with Crippen molar-refractivity contribution in [2.45, 2.75) is 19.9 Å². The van der Waals surface area contributed by atoms with Gasteiger partial charge in [-0.05, 0) is 31.5 Å². The Morgan fingerprint density at radius 1 is 1.33 bits per heavy atom. The minimum absolute atomic E-state index is 0.353. The first-order valence-electron chi connectivity index (χ1n) is 6.51. The number of rotatable bonds is 4. The summed E-state index contributed by atoms with van der Waals surface area (Å²) in [5, 5.41) is 12.3. The van der Waals surface area contributed by atoms with E-state index in [1.54, 1.807) is 13.0 Å². The number of benzene rings is 1. The smallest absolute Gasteiger partial charge is 0.253 e. The molecule has 0 aliphatic heterocycles. The van der Waals surface area contributed by atoms with Crippen molar-refractivity contribution in [1.82, 2.24) is 10.3 Å². The van der Waals surface area contributed by atoms with E-state index >= 15 is 0 Å². The van der Waals surface area contributed by atoms with Gasteiger partial charge in [-0.2, -0.15) is 0 Å². The number of amides is 2. The van der Waals surface area contributed by atoms with Gasteiger partial charge in [0.05, 0.1) is 23.4 Å². The Labute approximate surface area is 122 Å². The molecule has 2 rings (SSSR count). The van der Waals surface area contributed by atoms with Crippen LogP contribution >= 0.6 is 0 Å². The monoisotopic (exact) mass is 287 g/mol. The van der Waals surface area contributed by atoms with Crippen molar-refractivity contribution in [3.63, 3.8) is 0 Å². The van der Waals surface area contributed by atoms with Crippen molar-refractivity contribution in [3.8, 4) is 0 Å². The molecular weight excluding hydrogens is 270 g/mol. The number of nitrogens with one attached hydrogen (secondary N) is 1. The highest BCUT2D eigenvalue weighted by Crippen LogP contribution is 2.18. The Bertz CT molecular complexity index is 713. The second-order valence-corrected chi connectivity index (χ2v) is 4.93. The van der Waals surface area contributed by atoms with Gasteiger partial charge in [0.1, 0.15) is 6.04 Å². The van der Waals surface area contributed by atoms with Crippen molar-refractivity contribution in [2.75, 3.05) is 6.61 Å². The third-order valence-electron chi connectivity index (χ3n) is 3.24. The molecule has 21 heavy (non-hydrogen) atoms. The van der Waals surface area contributed by atoms with Crippen LogP contribution in [0.15, 0.2) is 24.3 Å². The molecule has 6 heteroatoms. The summed E-state index contributed by atoms with van der Waals surface area (Å²) < 4.78 is 0. The van der Waals surface area contributed by atoms with Crippen LogP contribution in [0, 0.1) is 13.8 Å². The van der Waals surface area contributed by atoms with Crippen LogP contribution < -0.4 is 11.1 Å². The summed E-state index contributed by atoms with van der Waals surface area (Å²) in [5.74, 6) is -1.27. The van der Waals surface area contributed by atoms with Gasteiger partial charge >= 0.3 is 0 Å². The lowest BCUT2D eigenvalue weighted by molar-refractivity contribution is -0.120. The lowest BCUT2D eigenvalue weighted by Gasteiger charge is -2.14. The van der Waals surface area contributed by atoms with E-state index in [9.17, 15) is 9.59 Å². The van der Waals surface area contributed by atoms with E-state index in [0.717, 1.165) is 16.5 Å². The Hall–Kier alpha value is -2.47. The normalized spacial score (nSPS) is 12.1. The van der Waals surface area contributed by atoms with E-state index < -0.39 is 24.5 Å². The molecule has 6 nitrogen and oxygen atoms in total. The fourth-order valence-corrected chi connectivity index (χ4v) is 2.05. The second-order valence-electron chi connectivity index (χ2n) is 4.93. The standard InChI is InChI=1S/C15H17N3O3/c1-8-3-4-10-6-11(9(2)17-12(10)5-8)15(21)18-13(7-19)14(16)20/h3-6,13,19H,7H2,1-2H3,(H2,16,20)(H,18,21)/t13-/m0/s1. The molecule has 1 aromatic carbocycles. The second kappa shape index (κ2) is 5.88. The van der Waals surface area contributed by atoms with Crippen LogP contribution in [0.4, 0.5) is 0 Å². The molecule has 1 atom stereocenters. The average molecular weight is 287 g/mol. The van der Waals surface area contributed by atoms with Crippen LogP contribution in [0.2, 0.25) is 0 Å². The zero-order chi connectivity index (χ0) is 15.6. The molecule has 0 radical (unpaired) electrons. The molecule has 1 aromatic heterocycles. The lowest BCUT2D eigenvalue weighted by atomic mass is 10.1. The first-order valence-corrected chi connectivity index (χ1v) is 6.51. The molecule has 4 N–H and O–H groups in total. The zero-order valence-corrected chi connectivity index (χ0v) is 11.9. The number of carbonyl (C=O) groups excluding carboxylic acids is 2. The average Bonchev–Trinajstić information content (AvgIpc) is 2.43. The van der Waals surface area contributed by atoms with Gasteiger partial charge in [0.15, 0.2) is 0 Å². The van der Waals surface area contributed by atoms with Gasteiger partial charge in [-0.1, -0.05) is 12.1 Å². The predicted molar refractivity (Wildman–Crippen MR) is 78.8 cm³/mol. The molecule has 2 amide bonds. The molecule has 0 aliphatic rings. The van der Waals surface area contributed by atoms with Crippen LogP contribution in [-0.4, -0.2) is 34.6 Å². The number of fused-ring (bicyclic) bond motifs is 1. The quantitative estimate of drug-likeness (QED) is 0.758. The highest BCUT2D eigenvalue weighted by atomic mass is 16.3. The van der Waals surface area contributed by atoms with E-state index in [0.29, 0.717) is 11.3 Å². The Balaban J connectivity index is 2.37. The molecular formula is C15H17N3O3. The van der Waals surface area contributed by atoms with Gasteiger partial charge in [-0.25, -0.2) is 0 Å². The third-order valence-corrected chi connectivity index (χ3v) is 3.24. The van der Waals surface area contributed by atoms with Crippen molar-refractivity contribution < 1.29 is 14.7 Å². The molecule has 0 fully saturated rings. The Kier molecular flexibility index (Phi) is 4.18. The topological polar surface area (TPSA) is 105 Å². The van der Waals surface area contributed by atoms with Gasteiger partial charge in [-0.3, -0.25) is 14.6 Å². The minimum atomic E-state index is -1.11.